The molecule has 0 fully saturated rings. The van der Waals surface area contributed by atoms with E-state index in [-0.39, 0.29) is 5.92 Å². The maximum absolute atomic E-state index is 10.9. The minimum atomic E-state index is -0.748. The zero-order chi connectivity index (χ0) is 24.3. The first-order valence-corrected chi connectivity index (χ1v) is 12.9. The molecule has 5 unspecified atom stereocenters. The second-order valence-corrected chi connectivity index (χ2v) is 11.0. The van der Waals surface area contributed by atoms with Gasteiger partial charge in [0.2, 0.25) is 0 Å². The first kappa shape index (κ1) is 28.7. The van der Waals surface area contributed by atoms with E-state index < -0.39 is 11.6 Å². The van der Waals surface area contributed by atoms with Gasteiger partial charge >= 0.3 is 5.97 Å². The first-order valence-electron chi connectivity index (χ1n) is 12.9. The minimum absolute atomic E-state index is 0.328. The van der Waals surface area contributed by atoms with Crippen LogP contribution < -0.4 is 0 Å². The Labute approximate surface area is 198 Å². The van der Waals surface area contributed by atoms with Crippen LogP contribution in [-0.2, 0) is 4.79 Å². The van der Waals surface area contributed by atoms with Gasteiger partial charge in [-0.2, -0.15) is 0 Å². The highest BCUT2D eigenvalue weighted by Gasteiger charge is 2.22. The van der Waals surface area contributed by atoms with Gasteiger partial charge in [0.05, 0.1) is 11.5 Å². The summed E-state index contributed by atoms with van der Waals surface area (Å²) in [5, 5.41) is 19.5. The van der Waals surface area contributed by atoms with Crippen molar-refractivity contribution >= 4 is 5.97 Å². The van der Waals surface area contributed by atoms with Crippen LogP contribution in [0.15, 0.2) is 34.9 Å². The number of allylic oxidation sites excluding steroid dienone is 6. The molecular formula is C29H50O3. The predicted molar refractivity (Wildman–Crippen MR) is 137 cm³/mol. The van der Waals surface area contributed by atoms with Crippen molar-refractivity contribution in [2.45, 2.75) is 118 Å². The number of rotatable bonds is 15. The van der Waals surface area contributed by atoms with Gasteiger partial charge in [0, 0.05) is 0 Å². The van der Waals surface area contributed by atoms with Gasteiger partial charge in [-0.25, -0.2) is 0 Å². The van der Waals surface area contributed by atoms with Gasteiger partial charge in [0.1, 0.15) is 0 Å². The van der Waals surface area contributed by atoms with Gasteiger partial charge in [-0.1, -0.05) is 62.6 Å². The average molecular weight is 447 g/mol. The Bertz CT molecular complexity index is 668. The standard InChI is InChI=1S/C29H50O3/c1-21(13-9-19-29(7,32)20-10-14-24(4)28(30)31)11-8-12-22(2)15-17-27-18-16-23(3)25(5)26(27)6/h11,16,18,22,24-26,32H,8-10,12-15,17,19-20H2,1-7H3,(H,30,31)/b21-11+. The predicted octanol–water partition coefficient (Wildman–Crippen LogP) is 8.10. The molecule has 0 heterocycles. The molecule has 0 aliphatic heterocycles. The zero-order valence-corrected chi connectivity index (χ0v) is 21.9. The summed E-state index contributed by atoms with van der Waals surface area (Å²) in [6.07, 6.45) is 16.8. The molecule has 1 aliphatic carbocycles. The smallest absolute Gasteiger partial charge is 0.306 e. The number of carboxylic acid groups (broad SMARTS) is 1. The highest BCUT2D eigenvalue weighted by atomic mass is 16.4. The van der Waals surface area contributed by atoms with E-state index in [9.17, 15) is 9.90 Å². The van der Waals surface area contributed by atoms with Crippen LogP contribution in [0.4, 0.5) is 0 Å². The summed E-state index contributed by atoms with van der Waals surface area (Å²) in [7, 11) is 0. The molecular weight excluding hydrogens is 396 g/mol. The Kier molecular flexibility index (Phi) is 12.6. The van der Waals surface area contributed by atoms with Crippen molar-refractivity contribution in [1.29, 1.82) is 0 Å². The summed E-state index contributed by atoms with van der Waals surface area (Å²) in [6.45, 7) is 15.2. The van der Waals surface area contributed by atoms with E-state index >= 15 is 0 Å². The Morgan fingerprint density at radius 3 is 2.41 bits per heavy atom. The Morgan fingerprint density at radius 1 is 1.09 bits per heavy atom. The SMILES string of the molecule is CC1=CC=C(CCC(C)CC/C=C(\C)CCCC(C)(O)CCCC(C)C(=O)O)C(C)C1C. The van der Waals surface area contributed by atoms with E-state index in [0.29, 0.717) is 24.7 Å². The molecule has 3 heteroatoms. The minimum Gasteiger partial charge on any atom is -0.481 e. The fraction of sp³-hybridized carbons (Fsp3) is 0.759. The lowest BCUT2D eigenvalue weighted by molar-refractivity contribution is -0.141. The monoisotopic (exact) mass is 446 g/mol. The fourth-order valence-corrected chi connectivity index (χ4v) is 4.63. The average Bonchev–Trinajstić information content (AvgIpc) is 2.71. The van der Waals surface area contributed by atoms with Crippen LogP contribution in [0.5, 0.6) is 0 Å². The summed E-state index contributed by atoms with van der Waals surface area (Å²) in [6, 6.07) is 0. The van der Waals surface area contributed by atoms with Crippen LogP contribution in [-0.4, -0.2) is 21.8 Å². The Morgan fingerprint density at radius 2 is 1.75 bits per heavy atom. The van der Waals surface area contributed by atoms with Crippen molar-refractivity contribution in [3.63, 3.8) is 0 Å². The van der Waals surface area contributed by atoms with Gasteiger partial charge in [0.25, 0.3) is 0 Å². The summed E-state index contributed by atoms with van der Waals surface area (Å²) in [5.74, 6) is 1.01. The van der Waals surface area contributed by atoms with E-state index in [4.69, 9.17) is 5.11 Å². The van der Waals surface area contributed by atoms with Gasteiger partial charge < -0.3 is 10.2 Å². The summed E-state index contributed by atoms with van der Waals surface area (Å²) >= 11 is 0. The third-order valence-electron chi connectivity index (χ3n) is 7.75. The molecule has 0 saturated heterocycles. The second kappa shape index (κ2) is 14.0. The molecule has 0 saturated carbocycles. The van der Waals surface area contributed by atoms with Crippen LogP contribution in [0.1, 0.15) is 113 Å². The molecule has 0 aromatic heterocycles. The van der Waals surface area contributed by atoms with E-state index in [1.54, 1.807) is 12.5 Å². The first-order chi connectivity index (χ1) is 14.9. The van der Waals surface area contributed by atoms with Crippen molar-refractivity contribution in [3.05, 3.63) is 34.9 Å². The van der Waals surface area contributed by atoms with Crippen molar-refractivity contribution in [2.24, 2.45) is 23.7 Å². The number of hydrogen-bond acceptors (Lipinski definition) is 2. The van der Waals surface area contributed by atoms with Gasteiger partial charge in [0.15, 0.2) is 0 Å². The van der Waals surface area contributed by atoms with Crippen LogP contribution in [0.2, 0.25) is 0 Å². The lowest BCUT2D eigenvalue weighted by atomic mass is 9.78. The lowest BCUT2D eigenvalue weighted by Gasteiger charge is -2.28. The lowest BCUT2D eigenvalue weighted by Crippen LogP contribution is -2.24. The maximum atomic E-state index is 10.9. The van der Waals surface area contributed by atoms with Crippen LogP contribution in [0, 0.1) is 23.7 Å². The van der Waals surface area contributed by atoms with Crippen molar-refractivity contribution in [1.82, 2.24) is 0 Å². The van der Waals surface area contributed by atoms with Crippen molar-refractivity contribution < 1.29 is 15.0 Å². The molecule has 0 spiro atoms. The second-order valence-electron chi connectivity index (χ2n) is 11.0. The fourth-order valence-electron chi connectivity index (χ4n) is 4.63. The van der Waals surface area contributed by atoms with Crippen LogP contribution in [0.25, 0.3) is 0 Å². The summed E-state index contributed by atoms with van der Waals surface area (Å²) in [5.41, 5.74) is 3.85. The van der Waals surface area contributed by atoms with E-state index in [1.165, 1.54) is 30.4 Å². The number of hydrogen-bond donors (Lipinski definition) is 2. The molecule has 0 amide bonds. The molecule has 0 aromatic carbocycles. The van der Waals surface area contributed by atoms with Crippen LogP contribution >= 0.6 is 0 Å². The molecule has 32 heavy (non-hydrogen) atoms. The normalized spacial score (nSPS) is 23.2. The molecule has 2 N–H and O–H groups in total. The highest BCUT2D eigenvalue weighted by Crippen LogP contribution is 2.34. The van der Waals surface area contributed by atoms with E-state index in [1.807, 2.05) is 6.92 Å². The maximum Gasteiger partial charge on any atom is 0.306 e. The molecule has 1 aliphatic rings. The van der Waals surface area contributed by atoms with Crippen molar-refractivity contribution in [3.8, 4) is 0 Å². The number of aliphatic carboxylic acids is 1. The molecule has 1 rings (SSSR count). The third-order valence-corrected chi connectivity index (χ3v) is 7.75. The molecule has 5 atom stereocenters. The molecule has 0 radical (unpaired) electrons. The van der Waals surface area contributed by atoms with E-state index in [0.717, 1.165) is 38.0 Å². The Balaban J connectivity index is 2.24. The zero-order valence-electron chi connectivity index (χ0n) is 21.9. The van der Waals surface area contributed by atoms with E-state index in [2.05, 4.69) is 52.8 Å². The Hall–Kier alpha value is -1.35. The van der Waals surface area contributed by atoms with Gasteiger partial charge in [-0.15, -0.1) is 0 Å². The summed E-state index contributed by atoms with van der Waals surface area (Å²) in [4.78, 5) is 10.9. The quantitative estimate of drug-likeness (QED) is 0.250. The van der Waals surface area contributed by atoms with Crippen molar-refractivity contribution in [2.75, 3.05) is 0 Å². The number of carboxylic acids is 1. The molecule has 0 aromatic rings. The molecule has 3 nitrogen and oxygen atoms in total. The topological polar surface area (TPSA) is 57.5 Å². The largest absolute Gasteiger partial charge is 0.481 e. The summed E-state index contributed by atoms with van der Waals surface area (Å²) < 4.78 is 0. The van der Waals surface area contributed by atoms with Gasteiger partial charge in [-0.3, -0.25) is 4.79 Å². The number of carbonyl (C=O) groups is 1. The van der Waals surface area contributed by atoms with Gasteiger partial charge in [-0.05, 0) is 103 Å². The molecule has 184 valence electrons. The third kappa shape index (κ3) is 11.0. The van der Waals surface area contributed by atoms with Crippen LogP contribution in [0.3, 0.4) is 0 Å². The molecule has 0 bridgehead atoms. The number of aliphatic hydroxyl groups is 1. The highest BCUT2D eigenvalue weighted by molar-refractivity contribution is 5.69.